The van der Waals surface area contributed by atoms with Crippen LogP contribution in [0.15, 0.2) is 0 Å². The van der Waals surface area contributed by atoms with Crippen LogP contribution in [0.1, 0.15) is 38.8 Å². The largest absolute Gasteiger partial charge is 0.381 e. The average Bonchev–Trinajstić information content (AvgIpc) is 2.91. The number of imidazole rings is 1. The average molecular weight is 279 g/mol. The maximum Gasteiger partial charge on any atom is 0.202 e. The summed E-state index contributed by atoms with van der Waals surface area (Å²) >= 11 is 0. The smallest absolute Gasteiger partial charge is 0.202 e. The molecule has 0 fully saturated rings. The third kappa shape index (κ3) is 2.95. The number of nitrogen functional groups attached to an aromatic ring is 1. The van der Waals surface area contributed by atoms with Crippen molar-refractivity contribution in [3.8, 4) is 0 Å². The molecule has 6 nitrogen and oxygen atoms in total. The van der Waals surface area contributed by atoms with Gasteiger partial charge in [0, 0.05) is 26.8 Å². The number of unbranched alkanes of at least 4 members (excludes halogenated alkanes) is 1. The fourth-order valence-electron chi connectivity index (χ4n) is 2.39. The van der Waals surface area contributed by atoms with Crippen molar-refractivity contribution in [1.82, 2.24) is 19.3 Å². The number of aromatic nitrogens is 4. The predicted octanol–water partition coefficient (Wildman–Crippen LogP) is 2.12. The van der Waals surface area contributed by atoms with Gasteiger partial charge in [0.05, 0.1) is 5.69 Å². The second kappa shape index (κ2) is 6.74. The fraction of sp³-hybridized carbons (Fsp3) is 0.714. The van der Waals surface area contributed by atoms with Crippen molar-refractivity contribution in [3.05, 3.63) is 5.69 Å². The Balaban J connectivity index is 2.02. The van der Waals surface area contributed by atoms with Gasteiger partial charge >= 0.3 is 0 Å². The Morgan fingerprint density at radius 3 is 2.65 bits per heavy atom. The van der Waals surface area contributed by atoms with Gasteiger partial charge in [-0.05, 0) is 19.3 Å². The van der Waals surface area contributed by atoms with E-state index in [2.05, 4.69) is 23.9 Å². The highest BCUT2D eigenvalue weighted by Crippen LogP contribution is 2.21. The molecule has 0 saturated carbocycles. The molecular weight excluding hydrogens is 254 g/mol. The van der Waals surface area contributed by atoms with E-state index in [0.717, 1.165) is 55.9 Å². The molecule has 6 heteroatoms. The van der Waals surface area contributed by atoms with Crippen LogP contribution in [0.5, 0.6) is 0 Å². The lowest BCUT2D eigenvalue weighted by atomic mass is 10.3. The van der Waals surface area contributed by atoms with Gasteiger partial charge in [-0.1, -0.05) is 20.3 Å². The highest BCUT2D eigenvalue weighted by atomic mass is 16.5. The first-order chi connectivity index (χ1) is 9.69. The molecule has 0 radical (unpaired) electrons. The second-order valence-electron chi connectivity index (χ2n) is 5.04. The van der Waals surface area contributed by atoms with Crippen molar-refractivity contribution in [3.63, 3.8) is 0 Å². The Labute approximate surface area is 119 Å². The summed E-state index contributed by atoms with van der Waals surface area (Å²) in [5, 5.41) is 4.49. The van der Waals surface area contributed by atoms with Gasteiger partial charge in [0.15, 0.2) is 5.65 Å². The normalized spacial score (nSPS) is 11.6. The maximum atomic E-state index is 6.02. The van der Waals surface area contributed by atoms with Crippen molar-refractivity contribution in [1.29, 1.82) is 0 Å². The summed E-state index contributed by atoms with van der Waals surface area (Å²) < 4.78 is 9.49. The van der Waals surface area contributed by atoms with Gasteiger partial charge < -0.3 is 10.5 Å². The lowest BCUT2D eigenvalue weighted by Gasteiger charge is -2.07. The molecule has 0 unspecified atom stereocenters. The number of hydrogen-bond donors (Lipinski definition) is 1. The molecule has 0 aliphatic carbocycles. The minimum atomic E-state index is 0.566. The van der Waals surface area contributed by atoms with Crippen LogP contribution < -0.4 is 5.73 Å². The van der Waals surface area contributed by atoms with E-state index in [-0.39, 0.29) is 0 Å². The van der Waals surface area contributed by atoms with Crippen molar-refractivity contribution in [2.24, 2.45) is 7.05 Å². The minimum absolute atomic E-state index is 0.566. The molecule has 0 aromatic carbocycles. The highest BCUT2D eigenvalue weighted by Gasteiger charge is 2.16. The van der Waals surface area contributed by atoms with Crippen LogP contribution in [0.25, 0.3) is 11.2 Å². The molecule has 2 aromatic rings. The predicted molar refractivity (Wildman–Crippen MR) is 80.6 cm³/mol. The summed E-state index contributed by atoms with van der Waals surface area (Å²) in [6, 6.07) is 0. The first-order valence-corrected chi connectivity index (χ1v) is 7.44. The number of nitrogens with two attached hydrogens (primary N) is 1. The van der Waals surface area contributed by atoms with Crippen molar-refractivity contribution >= 4 is 17.1 Å². The molecule has 0 saturated heterocycles. The molecule has 0 aliphatic heterocycles. The molecule has 112 valence electrons. The molecular formula is C14H25N5O. The van der Waals surface area contributed by atoms with Crippen LogP contribution in [0, 0.1) is 0 Å². The van der Waals surface area contributed by atoms with Gasteiger partial charge in [-0.15, -0.1) is 0 Å². The highest BCUT2D eigenvalue weighted by molar-refractivity contribution is 5.77. The summed E-state index contributed by atoms with van der Waals surface area (Å²) in [5.74, 6) is 0.566. The van der Waals surface area contributed by atoms with E-state index >= 15 is 0 Å². The number of aryl methyl sites for hydroxylation is 3. The zero-order chi connectivity index (χ0) is 14.5. The quantitative estimate of drug-likeness (QED) is 0.751. The Hall–Kier alpha value is -1.56. The first-order valence-electron chi connectivity index (χ1n) is 7.44. The number of nitrogens with zero attached hydrogens (tertiary/aromatic N) is 4. The summed E-state index contributed by atoms with van der Waals surface area (Å²) in [5.41, 5.74) is 8.97. The molecule has 2 aromatic heterocycles. The van der Waals surface area contributed by atoms with Crippen LogP contribution in [-0.4, -0.2) is 32.5 Å². The monoisotopic (exact) mass is 279 g/mol. The van der Waals surface area contributed by atoms with Gasteiger partial charge in [0.2, 0.25) is 5.95 Å². The number of anilines is 1. The topological polar surface area (TPSA) is 70.9 Å². The Bertz CT molecular complexity index is 557. The van der Waals surface area contributed by atoms with Gasteiger partial charge in [0.1, 0.15) is 5.52 Å². The third-order valence-corrected chi connectivity index (χ3v) is 3.47. The zero-order valence-corrected chi connectivity index (χ0v) is 12.7. The molecule has 2 heterocycles. The Kier molecular flexibility index (Phi) is 5.00. The van der Waals surface area contributed by atoms with E-state index in [1.165, 1.54) is 6.42 Å². The van der Waals surface area contributed by atoms with E-state index in [1.807, 2.05) is 16.3 Å². The number of ether oxygens (including phenoxy) is 1. The SMILES string of the molecule is CCCCOCCCn1c(N)nc2c(CC)nn(C)c21. The number of rotatable bonds is 8. The molecule has 2 N–H and O–H groups in total. The Morgan fingerprint density at radius 2 is 1.95 bits per heavy atom. The lowest BCUT2D eigenvalue weighted by molar-refractivity contribution is 0.126. The van der Waals surface area contributed by atoms with E-state index < -0.39 is 0 Å². The van der Waals surface area contributed by atoms with Crippen molar-refractivity contribution < 1.29 is 4.74 Å². The van der Waals surface area contributed by atoms with E-state index in [9.17, 15) is 0 Å². The fourth-order valence-corrected chi connectivity index (χ4v) is 2.39. The standard InChI is InChI=1S/C14H25N5O/c1-4-6-9-20-10-7-8-19-13-12(16-14(19)15)11(5-2)17-18(13)3/h4-10H2,1-3H3,(H2,15,16). The number of hydrogen-bond acceptors (Lipinski definition) is 4. The first kappa shape index (κ1) is 14.8. The van der Waals surface area contributed by atoms with E-state index in [0.29, 0.717) is 5.95 Å². The van der Waals surface area contributed by atoms with Crippen LogP contribution in [0.3, 0.4) is 0 Å². The molecule has 2 rings (SSSR count). The molecule has 20 heavy (non-hydrogen) atoms. The molecule has 0 atom stereocenters. The Morgan fingerprint density at radius 1 is 1.20 bits per heavy atom. The number of fused-ring (bicyclic) bond motifs is 1. The minimum Gasteiger partial charge on any atom is -0.381 e. The van der Waals surface area contributed by atoms with Gasteiger partial charge in [0.25, 0.3) is 0 Å². The van der Waals surface area contributed by atoms with Crippen molar-refractivity contribution in [2.75, 3.05) is 18.9 Å². The summed E-state index contributed by atoms with van der Waals surface area (Å²) in [7, 11) is 1.94. The van der Waals surface area contributed by atoms with Gasteiger partial charge in [-0.25, -0.2) is 4.98 Å². The third-order valence-electron chi connectivity index (χ3n) is 3.47. The molecule has 0 amide bonds. The molecule has 0 spiro atoms. The van der Waals surface area contributed by atoms with Crippen LogP contribution in [0.4, 0.5) is 5.95 Å². The van der Waals surface area contributed by atoms with Gasteiger partial charge in [-0.3, -0.25) is 9.25 Å². The van der Waals surface area contributed by atoms with E-state index in [1.54, 1.807) is 0 Å². The summed E-state index contributed by atoms with van der Waals surface area (Å²) in [4.78, 5) is 4.45. The van der Waals surface area contributed by atoms with E-state index in [4.69, 9.17) is 10.5 Å². The van der Waals surface area contributed by atoms with Gasteiger partial charge in [-0.2, -0.15) is 5.10 Å². The van der Waals surface area contributed by atoms with Crippen LogP contribution in [0.2, 0.25) is 0 Å². The molecule has 0 bridgehead atoms. The van der Waals surface area contributed by atoms with Crippen molar-refractivity contribution in [2.45, 2.75) is 46.1 Å². The maximum absolute atomic E-state index is 6.02. The lowest BCUT2D eigenvalue weighted by Crippen LogP contribution is -2.09. The summed E-state index contributed by atoms with van der Waals surface area (Å²) in [6.07, 6.45) is 4.10. The van der Waals surface area contributed by atoms with Crippen LogP contribution in [-0.2, 0) is 24.8 Å². The second-order valence-corrected chi connectivity index (χ2v) is 5.04. The molecule has 0 aliphatic rings. The summed E-state index contributed by atoms with van der Waals surface area (Å²) in [6.45, 7) is 6.67. The zero-order valence-electron chi connectivity index (χ0n) is 12.7. The van der Waals surface area contributed by atoms with Crippen LogP contribution >= 0.6 is 0 Å².